The Morgan fingerprint density at radius 3 is 2.32 bits per heavy atom. The van der Waals surface area contributed by atoms with Crippen molar-refractivity contribution in [1.29, 1.82) is 0 Å². The number of rotatable bonds is 2. The highest BCUT2D eigenvalue weighted by molar-refractivity contribution is 5.78. The maximum atomic E-state index is 13.4. The summed E-state index contributed by atoms with van der Waals surface area (Å²) in [4.78, 5) is 16.9. The fourth-order valence-corrected chi connectivity index (χ4v) is 2.38. The normalized spacial score (nSPS) is 11.1. The maximum Gasteiger partial charge on any atom is 0.266 e. The number of halogens is 3. The molecule has 0 saturated carbocycles. The van der Waals surface area contributed by atoms with Crippen molar-refractivity contribution in [1.82, 2.24) is 9.55 Å². The summed E-state index contributed by atoms with van der Waals surface area (Å²) in [5.74, 6) is -1.84. The lowest BCUT2D eigenvalue weighted by Crippen LogP contribution is -2.24. The van der Waals surface area contributed by atoms with Gasteiger partial charge in [-0.15, -0.1) is 0 Å². The average molecular weight is 304 g/mol. The second-order valence-electron chi connectivity index (χ2n) is 4.81. The van der Waals surface area contributed by atoms with E-state index in [0.717, 1.165) is 22.8 Å². The Labute approximate surface area is 123 Å². The number of fused-ring (bicyclic) bond motifs is 1. The molecule has 0 amide bonds. The van der Waals surface area contributed by atoms with Crippen LogP contribution in [0.1, 0.15) is 12.7 Å². The monoisotopic (exact) mass is 304 g/mol. The van der Waals surface area contributed by atoms with Gasteiger partial charge in [0.05, 0.1) is 16.6 Å². The van der Waals surface area contributed by atoms with Crippen molar-refractivity contribution in [2.75, 3.05) is 0 Å². The SMILES string of the molecule is CCc1nc2ccc(F)cc2c(=O)n1-c1cc(F)cc(F)c1. The summed E-state index contributed by atoms with van der Waals surface area (Å²) in [6.45, 7) is 1.77. The van der Waals surface area contributed by atoms with Crippen molar-refractivity contribution < 1.29 is 13.2 Å². The standard InChI is InChI=1S/C16H11F3N2O/c1-2-15-20-14-4-3-9(17)8-13(14)16(22)21(15)12-6-10(18)5-11(19)7-12/h3-8H,2H2,1H3. The van der Waals surface area contributed by atoms with E-state index < -0.39 is 23.0 Å². The molecule has 0 saturated heterocycles. The van der Waals surface area contributed by atoms with Crippen LogP contribution in [0.4, 0.5) is 13.2 Å². The minimum Gasteiger partial charge on any atom is -0.268 e. The van der Waals surface area contributed by atoms with Crippen molar-refractivity contribution in [3.8, 4) is 5.69 Å². The molecule has 1 aromatic heterocycles. The highest BCUT2D eigenvalue weighted by Crippen LogP contribution is 2.16. The molecule has 0 atom stereocenters. The summed E-state index contributed by atoms with van der Waals surface area (Å²) < 4.78 is 41.3. The molecule has 0 bridgehead atoms. The van der Waals surface area contributed by atoms with Crippen LogP contribution in [0.15, 0.2) is 41.2 Å². The van der Waals surface area contributed by atoms with E-state index in [9.17, 15) is 18.0 Å². The number of hydrogen-bond donors (Lipinski definition) is 0. The van der Waals surface area contributed by atoms with Gasteiger partial charge in [-0.3, -0.25) is 9.36 Å². The predicted octanol–water partition coefficient (Wildman–Crippen LogP) is 3.37. The van der Waals surface area contributed by atoms with E-state index in [2.05, 4.69) is 4.98 Å². The van der Waals surface area contributed by atoms with Crippen LogP contribution in [0, 0.1) is 17.5 Å². The summed E-state index contributed by atoms with van der Waals surface area (Å²) >= 11 is 0. The Kier molecular flexibility index (Phi) is 3.44. The molecule has 0 spiro atoms. The fraction of sp³-hybridized carbons (Fsp3) is 0.125. The van der Waals surface area contributed by atoms with Crippen LogP contribution in [-0.2, 0) is 6.42 Å². The van der Waals surface area contributed by atoms with Crippen LogP contribution >= 0.6 is 0 Å². The zero-order valence-corrected chi connectivity index (χ0v) is 11.6. The predicted molar refractivity (Wildman–Crippen MR) is 76.6 cm³/mol. The van der Waals surface area contributed by atoms with Gasteiger partial charge in [0.15, 0.2) is 0 Å². The number of aryl methyl sites for hydroxylation is 1. The van der Waals surface area contributed by atoms with E-state index in [0.29, 0.717) is 23.8 Å². The van der Waals surface area contributed by atoms with Gasteiger partial charge in [-0.2, -0.15) is 0 Å². The van der Waals surface area contributed by atoms with Crippen molar-refractivity contribution in [2.24, 2.45) is 0 Å². The molecule has 1 heterocycles. The van der Waals surface area contributed by atoms with Crippen LogP contribution < -0.4 is 5.56 Å². The highest BCUT2D eigenvalue weighted by atomic mass is 19.1. The first-order chi connectivity index (χ1) is 10.5. The summed E-state index contributed by atoms with van der Waals surface area (Å²) in [5.41, 5.74) is -0.194. The molecule has 6 heteroatoms. The minimum absolute atomic E-state index is 0.0259. The number of hydrogen-bond acceptors (Lipinski definition) is 2. The van der Waals surface area contributed by atoms with Gasteiger partial charge in [0, 0.05) is 12.5 Å². The second-order valence-corrected chi connectivity index (χ2v) is 4.81. The topological polar surface area (TPSA) is 34.9 Å². The number of benzene rings is 2. The molecule has 0 N–H and O–H groups in total. The first kappa shape index (κ1) is 14.3. The largest absolute Gasteiger partial charge is 0.268 e. The van der Waals surface area contributed by atoms with Crippen molar-refractivity contribution >= 4 is 10.9 Å². The summed E-state index contributed by atoms with van der Waals surface area (Å²) in [6, 6.07) is 6.47. The first-order valence-corrected chi connectivity index (χ1v) is 6.67. The molecular weight excluding hydrogens is 293 g/mol. The quantitative estimate of drug-likeness (QED) is 0.727. The molecule has 0 fully saturated rings. The number of aromatic nitrogens is 2. The molecule has 2 aromatic carbocycles. The van der Waals surface area contributed by atoms with Gasteiger partial charge in [-0.05, 0) is 30.3 Å². The lowest BCUT2D eigenvalue weighted by Gasteiger charge is -2.12. The van der Waals surface area contributed by atoms with Crippen LogP contribution in [-0.4, -0.2) is 9.55 Å². The lowest BCUT2D eigenvalue weighted by molar-refractivity contribution is 0.580. The molecule has 3 rings (SSSR count). The van der Waals surface area contributed by atoms with Gasteiger partial charge < -0.3 is 0 Å². The third-order valence-corrected chi connectivity index (χ3v) is 3.32. The fourth-order valence-electron chi connectivity index (χ4n) is 2.38. The minimum atomic E-state index is -0.803. The smallest absolute Gasteiger partial charge is 0.266 e. The molecule has 22 heavy (non-hydrogen) atoms. The lowest BCUT2D eigenvalue weighted by atomic mass is 10.2. The molecule has 0 aliphatic carbocycles. The van der Waals surface area contributed by atoms with E-state index in [4.69, 9.17) is 0 Å². The van der Waals surface area contributed by atoms with Gasteiger partial charge in [0.2, 0.25) is 0 Å². The summed E-state index contributed by atoms with van der Waals surface area (Å²) in [7, 11) is 0. The van der Waals surface area contributed by atoms with Gasteiger partial charge in [0.25, 0.3) is 5.56 Å². The molecule has 0 unspecified atom stereocenters. The summed E-state index contributed by atoms with van der Waals surface area (Å²) in [5, 5.41) is 0.0573. The zero-order valence-electron chi connectivity index (χ0n) is 11.6. The number of nitrogens with zero attached hydrogens (tertiary/aromatic N) is 2. The molecule has 0 radical (unpaired) electrons. The van der Waals surface area contributed by atoms with Crippen LogP contribution in [0.2, 0.25) is 0 Å². The van der Waals surface area contributed by atoms with Gasteiger partial charge in [-0.1, -0.05) is 6.92 Å². The Hall–Kier alpha value is -2.63. The molecular formula is C16H11F3N2O. The van der Waals surface area contributed by atoms with E-state index >= 15 is 0 Å². The Morgan fingerprint density at radius 1 is 1.00 bits per heavy atom. The Balaban J connectivity index is 2.41. The van der Waals surface area contributed by atoms with E-state index in [1.54, 1.807) is 6.92 Å². The molecule has 0 aliphatic rings. The highest BCUT2D eigenvalue weighted by Gasteiger charge is 2.13. The third-order valence-electron chi connectivity index (χ3n) is 3.32. The van der Waals surface area contributed by atoms with Gasteiger partial charge in [-0.25, -0.2) is 18.2 Å². The zero-order chi connectivity index (χ0) is 15.9. The Morgan fingerprint density at radius 2 is 1.68 bits per heavy atom. The molecule has 3 aromatic rings. The average Bonchev–Trinajstić information content (AvgIpc) is 2.46. The first-order valence-electron chi connectivity index (χ1n) is 6.67. The molecule has 112 valence electrons. The molecule has 3 nitrogen and oxygen atoms in total. The van der Waals surface area contributed by atoms with E-state index in [1.165, 1.54) is 12.1 Å². The summed E-state index contributed by atoms with van der Waals surface area (Å²) in [6.07, 6.45) is 0.376. The van der Waals surface area contributed by atoms with Crippen molar-refractivity contribution in [2.45, 2.75) is 13.3 Å². The van der Waals surface area contributed by atoms with E-state index in [-0.39, 0.29) is 11.1 Å². The molecule has 0 aliphatic heterocycles. The van der Waals surface area contributed by atoms with Crippen LogP contribution in [0.5, 0.6) is 0 Å². The van der Waals surface area contributed by atoms with Crippen molar-refractivity contribution in [3.05, 3.63) is 70.0 Å². The van der Waals surface area contributed by atoms with Gasteiger partial charge in [0.1, 0.15) is 23.3 Å². The van der Waals surface area contributed by atoms with Gasteiger partial charge >= 0.3 is 0 Å². The van der Waals surface area contributed by atoms with Crippen LogP contribution in [0.3, 0.4) is 0 Å². The Bertz CT molecular complexity index is 914. The van der Waals surface area contributed by atoms with E-state index in [1.807, 2.05) is 0 Å². The van der Waals surface area contributed by atoms with Crippen molar-refractivity contribution in [3.63, 3.8) is 0 Å². The maximum absolute atomic E-state index is 13.4. The second kappa shape index (κ2) is 5.29. The third kappa shape index (κ3) is 2.36. The van der Waals surface area contributed by atoms with Crippen LogP contribution in [0.25, 0.3) is 16.6 Å².